The number of carbonyl (C=O) groups excluding carboxylic acids is 2. The maximum Gasteiger partial charge on any atom is 0.416 e. The highest BCUT2D eigenvalue weighted by Gasteiger charge is 2.56. The summed E-state index contributed by atoms with van der Waals surface area (Å²) in [5.74, 6) is -0.228. The zero-order valence-electron chi connectivity index (χ0n) is 19.4. The number of fused-ring (bicyclic) bond motifs is 1. The van der Waals surface area contributed by atoms with Crippen molar-refractivity contribution in [2.24, 2.45) is 0 Å². The van der Waals surface area contributed by atoms with E-state index in [-0.39, 0.29) is 30.6 Å². The Hall–Kier alpha value is -3.39. The summed E-state index contributed by atoms with van der Waals surface area (Å²) in [6.07, 6.45) is -3.64. The van der Waals surface area contributed by atoms with Crippen molar-refractivity contribution in [3.8, 4) is 0 Å². The number of urea groups is 1. The van der Waals surface area contributed by atoms with Gasteiger partial charge in [0.2, 0.25) is 0 Å². The van der Waals surface area contributed by atoms with Gasteiger partial charge in [-0.2, -0.15) is 13.2 Å². The summed E-state index contributed by atoms with van der Waals surface area (Å²) in [6.45, 7) is 1.20. The summed E-state index contributed by atoms with van der Waals surface area (Å²) in [5, 5.41) is 2.13. The molecular weight excluding hydrogens is 455 g/mol. The van der Waals surface area contributed by atoms with Crippen LogP contribution in [-0.4, -0.2) is 52.3 Å². The number of amides is 3. The van der Waals surface area contributed by atoms with Gasteiger partial charge in [-0.1, -0.05) is 54.6 Å². The number of halogens is 3. The molecule has 35 heavy (non-hydrogen) atoms. The first-order valence-electron chi connectivity index (χ1n) is 11.6. The minimum atomic E-state index is -4.41. The number of benzene rings is 3. The highest BCUT2D eigenvalue weighted by Crippen LogP contribution is 2.38. The van der Waals surface area contributed by atoms with Crippen LogP contribution >= 0.6 is 0 Å². The zero-order chi connectivity index (χ0) is 24.8. The second-order valence-electron chi connectivity index (χ2n) is 9.38. The summed E-state index contributed by atoms with van der Waals surface area (Å²) in [5.41, 5.74) is -0.493. The fourth-order valence-corrected chi connectivity index (χ4v) is 5.31. The van der Waals surface area contributed by atoms with Crippen molar-refractivity contribution in [3.05, 3.63) is 83.4 Å². The second-order valence-corrected chi connectivity index (χ2v) is 9.38. The lowest BCUT2D eigenvalue weighted by Gasteiger charge is -2.41. The minimum absolute atomic E-state index is 0.151. The van der Waals surface area contributed by atoms with Crippen LogP contribution in [0.4, 0.5) is 18.0 Å². The quantitative estimate of drug-likeness (QED) is 0.476. The maximum absolute atomic E-state index is 13.5. The molecule has 5 rings (SSSR count). The van der Waals surface area contributed by atoms with Crippen LogP contribution < -0.4 is 0 Å². The summed E-state index contributed by atoms with van der Waals surface area (Å²) >= 11 is 0. The molecule has 2 saturated heterocycles. The van der Waals surface area contributed by atoms with Crippen molar-refractivity contribution in [1.82, 2.24) is 14.7 Å². The monoisotopic (exact) mass is 481 g/mol. The van der Waals surface area contributed by atoms with Crippen LogP contribution in [0.25, 0.3) is 10.8 Å². The number of nitrogens with zero attached hydrogens (tertiary/aromatic N) is 3. The molecule has 0 aliphatic carbocycles. The number of hydrogen-bond donors (Lipinski definition) is 0. The molecule has 0 atom stereocenters. The minimum Gasteiger partial charge on any atom is -0.312 e. The van der Waals surface area contributed by atoms with Crippen molar-refractivity contribution >= 4 is 22.7 Å². The van der Waals surface area contributed by atoms with E-state index < -0.39 is 17.3 Å². The molecule has 2 aliphatic rings. The Morgan fingerprint density at radius 2 is 1.51 bits per heavy atom. The van der Waals surface area contributed by atoms with Gasteiger partial charge in [-0.3, -0.25) is 14.6 Å². The van der Waals surface area contributed by atoms with Crippen LogP contribution in [0.2, 0.25) is 0 Å². The number of likely N-dealkylation sites (tertiary alicyclic amines) is 1. The molecule has 2 fully saturated rings. The van der Waals surface area contributed by atoms with Crippen LogP contribution in [0.3, 0.4) is 0 Å². The number of likely N-dealkylation sites (N-methyl/N-ethyl adjacent to an activating group) is 1. The normalized spacial score (nSPS) is 18.7. The molecule has 2 heterocycles. The molecule has 8 heteroatoms. The average molecular weight is 482 g/mol. The van der Waals surface area contributed by atoms with E-state index in [1.54, 1.807) is 13.1 Å². The molecule has 1 spiro atoms. The van der Waals surface area contributed by atoms with Gasteiger partial charge in [-0.15, -0.1) is 0 Å². The summed E-state index contributed by atoms with van der Waals surface area (Å²) in [7, 11) is 1.65. The van der Waals surface area contributed by atoms with Gasteiger partial charge >= 0.3 is 12.2 Å². The molecular formula is C27H26F3N3O2. The first-order chi connectivity index (χ1) is 16.7. The van der Waals surface area contributed by atoms with Crippen molar-refractivity contribution in [2.75, 3.05) is 20.1 Å². The molecule has 0 N–H and O–H groups in total. The molecule has 3 aromatic rings. The van der Waals surface area contributed by atoms with E-state index in [1.165, 1.54) is 21.9 Å². The zero-order valence-corrected chi connectivity index (χ0v) is 19.4. The Balaban J connectivity index is 1.30. The van der Waals surface area contributed by atoms with Crippen molar-refractivity contribution in [2.45, 2.75) is 37.6 Å². The van der Waals surface area contributed by atoms with Crippen molar-refractivity contribution < 1.29 is 22.8 Å². The van der Waals surface area contributed by atoms with E-state index in [0.717, 1.165) is 22.4 Å². The van der Waals surface area contributed by atoms with E-state index in [1.807, 2.05) is 47.4 Å². The van der Waals surface area contributed by atoms with Crippen molar-refractivity contribution in [1.29, 1.82) is 0 Å². The standard InChI is InChI=1S/C27H26F3N3O2/c1-31-25(35)33(17-19-10-11-20-6-2-3-7-21(20)16-19)24(34)26(31)12-14-32(15-13-26)18-22-8-4-5-9-23(22)27(28,29)30/h2-11,16H,12-15,17-18H2,1H3. The number of piperidine rings is 1. The van der Waals surface area contributed by atoms with Gasteiger partial charge in [0, 0.05) is 26.7 Å². The molecule has 0 bridgehead atoms. The molecule has 0 saturated carbocycles. The van der Waals surface area contributed by atoms with Crippen LogP contribution in [0.5, 0.6) is 0 Å². The number of alkyl halides is 3. The predicted molar refractivity (Wildman–Crippen MR) is 126 cm³/mol. The first kappa shape index (κ1) is 23.4. The summed E-state index contributed by atoms with van der Waals surface area (Å²) in [4.78, 5) is 31.3. The predicted octanol–water partition coefficient (Wildman–Crippen LogP) is 5.29. The van der Waals surface area contributed by atoms with Gasteiger partial charge in [-0.05, 0) is 46.9 Å². The Kier molecular flexibility index (Phi) is 5.79. The fraction of sp³-hybridized carbons (Fsp3) is 0.333. The highest BCUT2D eigenvalue weighted by molar-refractivity contribution is 6.07. The number of imide groups is 1. The van der Waals surface area contributed by atoms with Gasteiger partial charge in [0.25, 0.3) is 5.91 Å². The van der Waals surface area contributed by atoms with Crippen LogP contribution in [0.15, 0.2) is 66.7 Å². The molecule has 2 aliphatic heterocycles. The molecule has 5 nitrogen and oxygen atoms in total. The van der Waals surface area contributed by atoms with Gasteiger partial charge < -0.3 is 4.90 Å². The van der Waals surface area contributed by atoms with Gasteiger partial charge in [0.15, 0.2) is 0 Å². The van der Waals surface area contributed by atoms with Gasteiger partial charge in [-0.25, -0.2) is 4.79 Å². The fourth-order valence-electron chi connectivity index (χ4n) is 5.31. The topological polar surface area (TPSA) is 43.9 Å². The summed E-state index contributed by atoms with van der Waals surface area (Å²) in [6, 6.07) is 19.0. The molecule has 182 valence electrons. The van der Waals surface area contributed by atoms with E-state index in [0.29, 0.717) is 25.9 Å². The Bertz CT molecular complexity index is 1280. The lowest BCUT2D eigenvalue weighted by Crippen LogP contribution is -2.55. The lowest BCUT2D eigenvalue weighted by molar-refractivity contribution is -0.138. The van der Waals surface area contributed by atoms with Gasteiger partial charge in [0.1, 0.15) is 5.54 Å². The average Bonchev–Trinajstić information content (AvgIpc) is 3.01. The molecule has 0 radical (unpaired) electrons. The SMILES string of the molecule is CN1C(=O)N(Cc2ccc3ccccc3c2)C(=O)C12CCN(Cc1ccccc1C(F)(F)F)CC2. The Labute approximate surface area is 201 Å². The molecule has 0 unspecified atom stereocenters. The van der Waals surface area contributed by atoms with E-state index in [9.17, 15) is 22.8 Å². The third-order valence-corrected chi connectivity index (χ3v) is 7.36. The van der Waals surface area contributed by atoms with Crippen molar-refractivity contribution in [3.63, 3.8) is 0 Å². The molecule has 3 amide bonds. The lowest BCUT2D eigenvalue weighted by atomic mass is 9.86. The van der Waals surface area contributed by atoms with Crippen LogP contribution in [-0.2, 0) is 24.1 Å². The maximum atomic E-state index is 13.5. The third-order valence-electron chi connectivity index (χ3n) is 7.36. The van der Waals surface area contributed by atoms with Crippen LogP contribution in [0.1, 0.15) is 29.5 Å². The van der Waals surface area contributed by atoms with Gasteiger partial charge in [0.05, 0.1) is 12.1 Å². The number of hydrogen-bond acceptors (Lipinski definition) is 3. The Morgan fingerprint density at radius 1 is 0.857 bits per heavy atom. The summed E-state index contributed by atoms with van der Waals surface area (Å²) < 4.78 is 40.2. The smallest absolute Gasteiger partial charge is 0.312 e. The number of carbonyl (C=O) groups is 2. The highest BCUT2D eigenvalue weighted by atomic mass is 19.4. The Morgan fingerprint density at radius 3 is 2.23 bits per heavy atom. The largest absolute Gasteiger partial charge is 0.416 e. The van der Waals surface area contributed by atoms with Crippen LogP contribution in [0, 0.1) is 0 Å². The molecule has 0 aromatic heterocycles. The van der Waals surface area contributed by atoms with E-state index in [4.69, 9.17) is 0 Å². The number of rotatable bonds is 4. The van der Waals surface area contributed by atoms with E-state index >= 15 is 0 Å². The second kappa shape index (κ2) is 8.68. The first-order valence-corrected chi connectivity index (χ1v) is 11.6. The third kappa shape index (κ3) is 4.16. The molecule has 3 aromatic carbocycles. The van der Waals surface area contributed by atoms with E-state index in [2.05, 4.69) is 0 Å².